The number of allylic oxidation sites excluding steroid dienone is 11. The average molecular weight is 771 g/mol. The van der Waals surface area contributed by atoms with Gasteiger partial charge in [-0.3, -0.25) is 5.32 Å². The third-order valence-corrected chi connectivity index (χ3v) is 13.4. The van der Waals surface area contributed by atoms with Crippen molar-refractivity contribution in [1.29, 1.82) is 10.5 Å². The van der Waals surface area contributed by atoms with Crippen molar-refractivity contribution >= 4 is 17.5 Å². The number of nitrogens with one attached hydrogen (secondary N) is 1. The summed E-state index contributed by atoms with van der Waals surface area (Å²) in [5.74, 6) is 0.671. The summed E-state index contributed by atoms with van der Waals surface area (Å²) in [6, 6.07) is 33.1. The van der Waals surface area contributed by atoms with E-state index < -0.39 is 0 Å². The van der Waals surface area contributed by atoms with Crippen LogP contribution in [0.25, 0.3) is 16.7 Å². The van der Waals surface area contributed by atoms with Gasteiger partial charge in [0.2, 0.25) is 0 Å². The fraction of sp³-hybridized carbons (Fsp3) is 0.302. The van der Waals surface area contributed by atoms with E-state index in [1.54, 1.807) is 5.57 Å². The molecule has 4 unspecified atom stereocenters. The van der Waals surface area contributed by atoms with Crippen LogP contribution in [0.4, 0.5) is 5.69 Å². The van der Waals surface area contributed by atoms with Crippen molar-refractivity contribution in [2.45, 2.75) is 95.8 Å². The molecule has 0 radical (unpaired) electrons. The van der Waals surface area contributed by atoms with Gasteiger partial charge in [0.15, 0.2) is 0 Å². The van der Waals surface area contributed by atoms with E-state index in [1.807, 2.05) is 12.1 Å². The predicted molar refractivity (Wildman–Crippen MR) is 238 cm³/mol. The Balaban J connectivity index is 1.09. The fourth-order valence-corrected chi connectivity index (χ4v) is 10.8. The third-order valence-electron chi connectivity index (χ3n) is 13.4. The normalized spacial score (nSPS) is 24.6. The van der Waals surface area contributed by atoms with Crippen LogP contribution >= 0.6 is 0 Å². The summed E-state index contributed by atoms with van der Waals surface area (Å²) >= 11 is 0. The van der Waals surface area contributed by atoms with Crippen LogP contribution in [0.5, 0.6) is 0 Å². The van der Waals surface area contributed by atoms with Gasteiger partial charge < -0.3 is 9.80 Å². The molecule has 1 N–H and O–H groups in total. The molecule has 6 heteroatoms. The average Bonchev–Trinajstić information content (AvgIpc) is 3.30. The zero-order valence-electron chi connectivity index (χ0n) is 33.9. The smallest absolute Gasteiger partial charge is 0.132 e. The highest BCUT2D eigenvalue weighted by Gasteiger charge is 2.43. The highest BCUT2D eigenvalue weighted by molar-refractivity contribution is 5.75. The lowest BCUT2D eigenvalue weighted by atomic mass is 9.65. The molecule has 0 aromatic heterocycles. The number of hydrogen-bond donors (Lipinski definition) is 1. The first-order chi connectivity index (χ1) is 29.1. The van der Waals surface area contributed by atoms with E-state index in [0.29, 0.717) is 12.0 Å². The van der Waals surface area contributed by atoms with Crippen molar-refractivity contribution in [2.75, 3.05) is 4.90 Å². The van der Waals surface area contributed by atoms with Crippen molar-refractivity contribution in [3.05, 3.63) is 177 Å². The van der Waals surface area contributed by atoms with E-state index in [1.165, 1.54) is 44.7 Å². The molecule has 7 aliphatic rings. The van der Waals surface area contributed by atoms with Gasteiger partial charge in [0.1, 0.15) is 11.9 Å². The summed E-state index contributed by atoms with van der Waals surface area (Å²) < 4.78 is 0. The minimum Gasteiger partial charge on any atom is -0.348 e. The second-order valence-corrected chi connectivity index (χ2v) is 16.9. The zero-order valence-corrected chi connectivity index (χ0v) is 33.9. The Bertz CT molecular complexity index is 2560. The number of benzene rings is 3. The minimum absolute atomic E-state index is 0.0511. The van der Waals surface area contributed by atoms with Crippen LogP contribution in [0.1, 0.15) is 88.7 Å². The first-order valence-electron chi connectivity index (χ1n) is 21.7. The number of nitriles is 2. The molecule has 0 amide bonds. The second kappa shape index (κ2) is 15.9. The molecular formula is C53H50N6. The van der Waals surface area contributed by atoms with Gasteiger partial charge in [0.25, 0.3) is 0 Å². The second-order valence-electron chi connectivity index (χ2n) is 16.9. The summed E-state index contributed by atoms with van der Waals surface area (Å²) in [7, 11) is 0. The van der Waals surface area contributed by atoms with Gasteiger partial charge in [-0.05, 0) is 152 Å². The summed E-state index contributed by atoms with van der Waals surface area (Å²) in [6.45, 7) is 2.22. The lowest BCUT2D eigenvalue weighted by molar-refractivity contribution is 0.412. The largest absolute Gasteiger partial charge is 0.348 e. The number of anilines is 1. The first-order valence-corrected chi connectivity index (χ1v) is 21.7. The fourth-order valence-electron chi connectivity index (χ4n) is 10.8. The van der Waals surface area contributed by atoms with E-state index in [0.717, 1.165) is 92.5 Å². The van der Waals surface area contributed by atoms with Gasteiger partial charge in [-0.2, -0.15) is 10.5 Å². The van der Waals surface area contributed by atoms with Crippen molar-refractivity contribution in [3.63, 3.8) is 0 Å². The molecule has 2 aliphatic heterocycles. The summed E-state index contributed by atoms with van der Waals surface area (Å²) in [5.41, 5.74) is 17.6. The molecule has 4 atom stereocenters. The number of hydrogen-bond acceptors (Lipinski definition) is 6. The Kier molecular flexibility index (Phi) is 9.97. The van der Waals surface area contributed by atoms with Gasteiger partial charge in [-0.15, -0.1) is 0 Å². The van der Waals surface area contributed by atoms with E-state index in [9.17, 15) is 10.5 Å². The van der Waals surface area contributed by atoms with E-state index in [2.05, 4.69) is 144 Å². The SMILES string of the molecule is CC1C=CCC(N(c2ccc(-c3ccccc3)cc2C#N)C2CC=C3CCC4=C(N(C5=CCCC=N5)C5=CC=C(c6ccccc6)CC5C#N)CCC5=C4C3=C2CC5)N1. The molecule has 59 heavy (non-hydrogen) atoms. The Labute approximate surface area is 349 Å². The molecule has 1 fully saturated rings. The monoisotopic (exact) mass is 770 g/mol. The van der Waals surface area contributed by atoms with Crippen molar-refractivity contribution in [2.24, 2.45) is 10.9 Å². The van der Waals surface area contributed by atoms with Crippen molar-refractivity contribution in [1.82, 2.24) is 10.2 Å². The number of aliphatic imine (C=N–C) groups is 1. The summed E-state index contributed by atoms with van der Waals surface area (Å²) in [5, 5.41) is 25.5. The molecule has 10 rings (SSSR count). The lowest BCUT2D eigenvalue weighted by Crippen LogP contribution is -2.55. The standard InChI is InChI=1S/C53H50N6/c1-35-11-10-17-51(57-35)59(47-27-23-41(32-43(47)34-55)37-14-6-3-7-15-37)49-29-21-39-18-24-44-48(28-20-38-19-25-45(49)53(39)52(38)44)58(50-16-8-9-30-56-50)46-26-22-40(31-42(46)33-54)36-12-4-2-5-13-36/h2-7,10-16,21-23,26-27,30,32,35,42,49,51,57H,8-9,17-20,24-25,28-29,31H2,1H3. The summed E-state index contributed by atoms with van der Waals surface area (Å²) in [6.07, 6.45) is 26.3. The predicted octanol–water partition coefficient (Wildman–Crippen LogP) is 11.7. The minimum atomic E-state index is -0.286. The maximum atomic E-state index is 10.8. The first kappa shape index (κ1) is 37.1. The van der Waals surface area contributed by atoms with Gasteiger partial charge >= 0.3 is 0 Å². The van der Waals surface area contributed by atoms with Gasteiger partial charge in [0.05, 0.1) is 35.4 Å². The van der Waals surface area contributed by atoms with Crippen LogP contribution in [0.15, 0.2) is 171 Å². The quantitative estimate of drug-likeness (QED) is 0.231. The maximum Gasteiger partial charge on any atom is 0.132 e. The van der Waals surface area contributed by atoms with Crippen LogP contribution in [0.3, 0.4) is 0 Å². The van der Waals surface area contributed by atoms with Gasteiger partial charge in [-0.1, -0.05) is 96.6 Å². The number of rotatable bonds is 8. The molecule has 1 saturated carbocycles. The maximum absolute atomic E-state index is 10.8. The Morgan fingerprint density at radius 3 is 2.34 bits per heavy atom. The van der Waals surface area contributed by atoms with Crippen LogP contribution in [-0.4, -0.2) is 29.4 Å². The molecule has 3 aromatic carbocycles. The molecule has 0 saturated heterocycles. The Morgan fingerprint density at radius 1 is 0.763 bits per heavy atom. The molecular weight excluding hydrogens is 721 g/mol. The molecule has 6 nitrogen and oxygen atoms in total. The van der Waals surface area contributed by atoms with E-state index in [4.69, 9.17) is 4.99 Å². The van der Waals surface area contributed by atoms with Crippen LogP contribution in [0.2, 0.25) is 0 Å². The van der Waals surface area contributed by atoms with Gasteiger partial charge in [0, 0.05) is 23.7 Å². The zero-order chi connectivity index (χ0) is 39.9. The molecule has 0 bridgehead atoms. The molecule has 292 valence electrons. The third kappa shape index (κ3) is 6.76. The highest BCUT2D eigenvalue weighted by Crippen LogP contribution is 2.55. The van der Waals surface area contributed by atoms with Crippen LogP contribution in [-0.2, 0) is 0 Å². The molecule has 2 heterocycles. The van der Waals surface area contributed by atoms with E-state index in [-0.39, 0.29) is 24.2 Å². The highest BCUT2D eigenvalue weighted by atomic mass is 15.3. The topological polar surface area (TPSA) is 78.5 Å². The van der Waals surface area contributed by atoms with Crippen LogP contribution in [0, 0.1) is 28.6 Å². The molecule has 5 aliphatic carbocycles. The van der Waals surface area contributed by atoms with Crippen molar-refractivity contribution < 1.29 is 0 Å². The molecule has 0 spiro atoms. The van der Waals surface area contributed by atoms with E-state index >= 15 is 0 Å². The lowest BCUT2D eigenvalue weighted by Gasteiger charge is -2.48. The Morgan fingerprint density at radius 2 is 1.58 bits per heavy atom. The molecule has 3 aromatic rings. The Hall–Kier alpha value is -6.21. The summed E-state index contributed by atoms with van der Waals surface area (Å²) in [4.78, 5) is 10.0. The number of nitrogens with zero attached hydrogens (tertiary/aromatic N) is 5. The van der Waals surface area contributed by atoms with Crippen molar-refractivity contribution in [3.8, 4) is 23.3 Å². The van der Waals surface area contributed by atoms with Crippen LogP contribution < -0.4 is 10.2 Å². The van der Waals surface area contributed by atoms with Gasteiger partial charge in [-0.25, -0.2) is 4.99 Å².